The van der Waals surface area contributed by atoms with Crippen molar-refractivity contribution in [1.29, 1.82) is 0 Å². The fourth-order valence-electron chi connectivity index (χ4n) is 1.22. The molecule has 1 aromatic rings. The zero-order valence-electron chi connectivity index (χ0n) is 8.23. The van der Waals surface area contributed by atoms with Crippen LogP contribution in [0.3, 0.4) is 0 Å². The van der Waals surface area contributed by atoms with Crippen LogP contribution in [-0.2, 0) is 0 Å². The lowest BCUT2D eigenvalue weighted by Gasteiger charge is -2.18. The molecular weight excluding hydrogens is 204 g/mol. The van der Waals surface area contributed by atoms with Gasteiger partial charge in [0.25, 0.3) is 0 Å². The Labute approximate surface area is 86.5 Å². The molecule has 0 aromatic heterocycles. The van der Waals surface area contributed by atoms with Crippen LogP contribution in [0.25, 0.3) is 0 Å². The van der Waals surface area contributed by atoms with E-state index in [1.165, 1.54) is 13.0 Å². The van der Waals surface area contributed by atoms with Gasteiger partial charge < -0.3 is 15.6 Å². The van der Waals surface area contributed by atoms with Gasteiger partial charge in [-0.25, -0.2) is 0 Å². The molecule has 0 unspecified atom stereocenters. The molecule has 0 spiro atoms. The molecule has 1 rings (SSSR count). The van der Waals surface area contributed by atoms with Crippen LogP contribution in [0.2, 0.25) is 0 Å². The highest BCUT2D eigenvalue weighted by Crippen LogP contribution is 2.26. The summed E-state index contributed by atoms with van der Waals surface area (Å²) >= 11 is 0. The van der Waals surface area contributed by atoms with Crippen molar-refractivity contribution in [1.82, 2.24) is 0 Å². The van der Waals surface area contributed by atoms with E-state index in [4.69, 9.17) is 5.73 Å². The molecule has 0 bridgehead atoms. The predicted molar refractivity (Wildman–Crippen MR) is 51.7 cm³/mol. The topological polar surface area (TPSA) is 55.5 Å². The maximum atomic E-state index is 12.0. The highest BCUT2D eigenvalue weighted by Gasteiger charge is 2.18. The van der Waals surface area contributed by atoms with Crippen molar-refractivity contribution in [3.63, 3.8) is 0 Å². The number of benzene rings is 1. The van der Waals surface area contributed by atoms with Gasteiger partial charge in [-0.2, -0.15) is 8.78 Å². The van der Waals surface area contributed by atoms with Crippen molar-refractivity contribution in [2.45, 2.75) is 25.7 Å². The van der Waals surface area contributed by atoms with Crippen LogP contribution >= 0.6 is 0 Å². The monoisotopic (exact) mass is 217 g/mol. The van der Waals surface area contributed by atoms with E-state index < -0.39 is 18.8 Å². The summed E-state index contributed by atoms with van der Waals surface area (Å²) in [6, 6.07) is 5.42. The number of aliphatic hydroxyl groups is 1. The van der Waals surface area contributed by atoms with Gasteiger partial charge in [-0.3, -0.25) is 0 Å². The van der Waals surface area contributed by atoms with Crippen LogP contribution < -0.4 is 10.5 Å². The SMILES string of the molecule is C[C@H](O)[C@@H](N)c1ccccc1OC(F)F. The van der Waals surface area contributed by atoms with Crippen LogP contribution in [0.5, 0.6) is 5.75 Å². The Morgan fingerprint density at radius 1 is 1.33 bits per heavy atom. The number of rotatable bonds is 4. The van der Waals surface area contributed by atoms with Gasteiger partial charge in [0, 0.05) is 5.56 Å². The van der Waals surface area contributed by atoms with Gasteiger partial charge in [0.15, 0.2) is 0 Å². The fourth-order valence-corrected chi connectivity index (χ4v) is 1.22. The molecule has 2 atom stereocenters. The number of nitrogens with two attached hydrogens (primary N) is 1. The molecule has 84 valence electrons. The zero-order chi connectivity index (χ0) is 11.4. The van der Waals surface area contributed by atoms with Crippen LogP contribution in [0.4, 0.5) is 8.78 Å². The average Bonchev–Trinajstić information content (AvgIpc) is 2.16. The van der Waals surface area contributed by atoms with Gasteiger partial charge in [-0.05, 0) is 13.0 Å². The van der Waals surface area contributed by atoms with Gasteiger partial charge in [0.05, 0.1) is 12.1 Å². The van der Waals surface area contributed by atoms with E-state index in [2.05, 4.69) is 4.74 Å². The second-order valence-corrected chi connectivity index (χ2v) is 3.18. The highest BCUT2D eigenvalue weighted by molar-refractivity contribution is 5.36. The Kier molecular flexibility index (Phi) is 3.99. The number of aliphatic hydroxyl groups excluding tert-OH is 1. The van der Waals surface area contributed by atoms with Crippen molar-refractivity contribution in [3.05, 3.63) is 29.8 Å². The summed E-state index contributed by atoms with van der Waals surface area (Å²) in [7, 11) is 0. The van der Waals surface area contributed by atoms with Gasteiger partial charge in [0.2, 0.25) is 0 Å². The molecule has 0 amide bonds. The molecule has 0 fully saturated rings. The fraction of sp³-hybridized carbons (Fsp3) is 0.400. The summed E-state index contributed by atoms with van der Waals surface area (Å²) in [6.07, 6.45) is -0.826. The maximum Gasteiger partial charge on any atom is 0.387 e. The van der Waals surface area contributed by atoms with Gasteiger partial charge in [-0.15, -0.1) is 0 Å². The molecule has 0 heterocycles. The minimum Gasteiger partial charge on any atom is -0.434 e. The minimum absolute atomic E-state index is 0.000833. The molecule has 3 N–H and O–H groups in total. The molecule has 0 radical (unpaired) electrons. The average molecular weight is 217 g/mol. The summed E-state index contributed by atoms with van der Waals surface area (Å²) in [5.74, 6) is 0.000833. The van der Waals surface area contributed by atoms with E-state index in [1.54, 1.807) is 18.2 Å². The zero-order valence-corrected chi connectivity index (χ0v) is 8.23. The van der Waals surface area contributed by atoms with Crippen LogP contribution in [0.1, 0.15) is 18.5 Å². The minimum atomic E-state index is -2.90. The highest BCUT2D eigenvalue weighted by atomic mass is 19.3. The predicted octanol–water partition coefficient (Wildman–Crippen LogP) is 1.67. The lowest BCUT2D eigenvalue weighted by molar-refractivity contribution is -0.0509. The van der Waals surface area contributed by atoms with Gasteiger partial charge in [-0.1, -0.05) is 18.2 Å². The molecule has 0 aliphatic rings. The molecule has 5 heteroatoms. The summed E-state index contributed by atoms with van der Waals surface area (Å²) < 4.78 is 28.4. The lowest BCUT2D eigenvalue weighted by Crippen LogP contribution is -2.24. The number of ether oxygens (including phenoxy) is 1. The smallest absolute Gasteiger partial charge is 0.387 e. The van der Waals surface area contributed by atoms with Crippen molar-refractivity contribution in [3.8, 4) is 5.75 Å². The van der Waals surface area contributed by atoms with Crippen molar-refractivity contribution in [2.75, 3.05) is 0 Å². The van der Waals surface area contributed by atoms with E-state index in [1.807, 2.05) is 0 Å². The van der Waals surface area contributed by atoms with E-state index >= 15 is 0 Å². The molecule has 0 aliphatic heterocycles. The Balaban J connectivity index is 2.95. The van der Waals surface area contributed by atoms with E-state index in [9.17, 15) is 13.9 Å². The Morgan fingerprint density at radius 2 is 1.93 bits per heavy atom. The summed E-state index contributed by atoms with van der Waals surface area (Å²) in [5, 5.41) is 9.26. The van der Waals surface area contributed by atoms with Gasteiger partial charge in [0.1, 0.15) is 5.75 Å². The van der Waals surface area contributed by atoms with Gasteiger partial charge >= 0.3 is 6.61 Å². The van der Waals surface area contributed by atoms with Crippen molar-refractivity contribution < 1.29 is 18.6 Å². The molecule has 0 aliphatic carbocycles. The molecule has 1 aromatic carbocycles. The van der Waals surface area contributed by atoms with Crippen molar-refractivity contribution in [2.24, 2.45) is 5.73 Å². The van der Waals surface area contributed by atoms with E-state index in [0.717, 1.165) is 0 Å². The van der Waals surface area contributed by atoms with Crippen molar-refractivity contribution >= 4 is 0 Å². The molecule has 15 heavy (non-hydrogen) atoms. The normalized spacial score (nSPS) is 15.1. The molecular formula is C10H13F2NO2. The number of para-hydroxylation sites is 1. The second kappa shape index (κ2) is 5.04. The lowest BCUT2D eigenvalue weighted by atomic mass is 10.0. The summed E-state index contributed by atoms with van der Waals surface area (Å²) in [5.41, 5.74) is 6.01. The third kappa shape index (κ3) is 3.14. The first kappa shape index (κ1) is 11.9. The molecule has 3 nitrogen and oxygen atoms in total. The summed E-state index contributed by atoms with van der Waals surface area (Å²) in [4.78, 5) is 0. The first-order valence-electron chi connectivity index (χ1n) is 4.49. The standard InChI is InChI=1S/C10H13F2NO2/c1-6(14)9(13)7-4-2-3-5-8(7)15-10(11)12/h2-6,9-10,14H,13H2,1H3/t6-,9+/m0/s1. The number of hydrogen-bond acceptors (Lipinski definition) is 3. The number of alkyl halides is 2. The summed E-state index contributed by atoms with van der Waals surface area (Å²) in [6.45, 7) is -1.41. The third-order valence-corrected chi connectivity index (χ3v) is 2.01. The Hall–Kier alpha value is -1.20. The third-order valence-electron chi connectivity index (χ3n) is 2.01. The van der Waals surface area contributed by atoms with Crippen LogP contribution in [0.15, 0.2) is 24.3 Å². The largest absolute Gasteiger partial charge is 0.434 e. The molecule has 0 saturated heterocycles. The quantitative estimate of drug-likeness (QED) is 0.806. The first-order valence-corrected chi connectivity index (χ1v) is 4.49. The number of hydrogen-bond donors (Lipinski definition) is 2. The van der Waals surface area contributed by atoms with E-state index in [0.29, 0.717) is 5.56 Å². The maximum absolute atomic E-state index is 12.0. The van der Waals surface area contributed by atoms with E-state index in [-0.39, 0.29) is 5.75 Å². The first-order chi connectivity index (χ1) is 7.02. The van der Waals surface area contributed by atoms with Crippen LogP contribution in [0, 0.1) is 0 Å². The van der Waals surface area contributed by atoms with Crippen LogP contribution in [-0.4, -0.2) is 17.8 Å². The Bertz CT molecular complexity index is 318. The Morgan fingerprint density at radius 3 is 2.47 bits per heavy atom. The number of halogens is 2. The second-order valence-electron chi connectivity index (χ2n) is 3.18. The molecule has 0 saturated carbocycles.